The maximum absolute atomic E-state index is 12.7. The van der Waals surface area contributed by atoms with Crippen molar-refractivity contribution in [3.63, 3.8) is 0 Å². The zero-order chi connectivity index (χ0) is 16.8. The molecule has 0 aliphatic carbocycles. The smallest absolute Gasteiger partial charge is 0.223 e. The normalized spacial score (nSPS) is 10.7. The van der Waals surface area contributed by atoms with E-state index in [1.807, 2.05) is 34.5 Å². The van der Waals surface area contributed by atoms with Crippen LogP contribution in [0.3, 0.4) is 0 Å². The lowest BCUT2D eigenvalue weighted by Crippen LogP contribution is -2.29. The lowest BCUT2D eigenvalue weighted by atomic mass is 10.1. The maximum atomic E-state index is 12.7. The zero-order valence-corrected chi connectivity index (χ0v) is 14.6. The minimum absolute atomic E-state index is 0.154. The van der Waals surface area contributed by atoms with Crippen LogP contribution in [-0.4, -0.2) is 10.8 Å². The summed E-state index contributed by atoms with van der Waals surface area (Å²) >= 11 is 1.67. The van der Waals surface area contributed by atoms with E-state index in [2.05, 4.69) is 31.2 Å². The Morgan fingerprint density at radius 3 is 2.75 bits per heavy atom. The molecule has 1 aromatic carbocycles. The van der Waals surface area contributed by atoms with Crippen molar-refractivity contribution < 1.29 is 9.21 Å². The van der Waals surface area contributed by atoms with E-state index in [-0.39, 0.29) is 5.91 Å². The van der Waals surface area contributed by atoms with Gasteiger partial charge in [0.1, 0.15) is 5.76 Å². The first-order valence-corrected chi connectivity index (χ1v) is 8.97. The van der Waals surface area contributed by atoms with E-state index < -0.39 is 0 Å². The second kappa shape index (κ2) is 7.97. The molecule has 0 saturated carbocycles. The maximum Gasteiger partial charge on any atom is 0.223 e. The summed E-state index contributed by atoms with van der Waals surface area (Å²) in [7, 11) is 0. The first-order chi connectivity index (χ1) is 11.7. The average molecular weight is 339 g/mol. The van der Waals surface area contributed by atoms with Gasteiger partial charge in [-0.05, 0) is 42.5 Å². The molecule has 0 aliphatic rings. The molecule has 0 aliphatic heterocycles. The fourth-order valence-corrected chi connectivity index (χ4v) is 3.41. The lowest BCUT2D eigenvalue weighted by Gasteiger charge is -2.21. The summed E-state index contributed by atoms with van der Waals surface area (Å²) in [5, 5.41) is 2.04. The number of carbonyl (C=O) groups excluding carboxylic acids is 1. The number of carbonyl (C=O) groups is 1. The second-order valence-electron chi connectivity index (χ2n) is 5.90. The van der Waals surface area contributed by atoms with Crippen LogP contribution in [-0.2, 0) is 24.3 Å². The van der Waals surface area contributed by atoms with Crippen molar-refractivity contribution in [2.45, 2.75) is 32.9 Å². The van der Waals surface area contributed by atoms with Crippen molar-refractivity contribution in [1.29, 1.82) is 0 Å². The number of benzene rings is 1. The highest BCUT2D eigenvalue weighted by molar-refractivity contribution is 7.09. The van der Waals surface area contributed by atoms with Gasteiger partial charge < -0.3 is 9.32 Å². The summed E-state index contributed by atoms with van der Waals surface area (Å²) in [4.78, 5) is 15.8. The predicted molar refractivity (Wildman–Crippen MR) is 96.8 cm³/mol. The zero-order valence-electron chi connectivity index (χ0n) is 13.8. The minimum atomic E-state index is 0.154. The summed E-state index contributed by atoms with van der Waals surface area (Å²) < 4.78 is 5.42. The molecule has 1 amide bonds. The fourth-order valence-electron chi connectivity index (χ4n) is 2.69. The Morgan fingerprint density at radius 1 is 1.12 bits per heavy atom. The van der Waals surface area contributed by atoms with E-state index in [0.717, 1.165) is 12.2 Å². The lowest BCUT2D eigenvalue weighted by molar-refractivity contribution is -0.132. The summed E-state index contributed by atoms with van der Waals surface area (Å²) in [6.07, 6.45) is 2.92. The summed E-state index contributed by atoms with van der Waals surface area (Å²) in [6.45, 7) is 3.22. The summed E-state index contributed by atoms with van der Waals surface area (Å²) in [5.41, 5.74) is 2.43. The van der Waals surface area contributed by atoms with Crippen molar-refractivity contribution >= 4 is 17.2 Å². The van der Waals surface area contributed by atoms with Gasteiger partial charge in [0.05, 0.1) is 19.4 Å². The molecule has 0 saturated heterocycles. The molecular formula is C20H21NO2S. The third-order valence-corrected chi connectivity index (χ3v) is 4.78. The Labute approximate surface area is 146 Å². The molecule has 4 heteroatoms. The first-order valence-electron chi connectivity index (χ1n) is 8.09. The molecule has 2 aromatic heterocycles. The number of amides is 1. The number of thiophene rings is 1. The van der Waals surface area contributed by atoms with Crippen molar-refractivity contribution in [3.8, 4) is 0 Å². The molecule has 0 unspecified atom stereocenters. The van der Waals surface area contributed by atoms with Crippen LogP contribution in [0, 0.1) is 6.92 Å². The molecule has 124 valence electrons. The molecule has 2 heterocycles. The van der Waals surface area contributed by atoms with E-state index in [9.17, 15) is 4.79 Å². The SMILES string of the molecule is Cc1cccc(CCC(=O)N(Cc2ccco2)Cc2cccs2)c1. The third-order valence-electron chi connectivity index (χ3n) is 3.92. The Hall–Kier alpha value is -2.33. The van der Waals surface area contributed by atoms with Crippen LogP contribution in [0.5, 0.6) is 0 Å². The highest BCUT2D eigenvalue weighted by Gasteiger charge is 2.16. The quantitative estimate of drug-likeness (QED) is 0.619. The van der Waals surface area contributed by atoms with Gasteiger partial charge in [0.25, 0.3) is 0 Å². The standard InChI is InChI=1S/C20H21NO2S/c1-16-5-2-6-17(13-16)9-10-20(22)21(14-18-7-3-11-23-18)15-19-8-4-12-24-19/h2-8,11-13H,9-10,14-15H2,1H3. The molecule has 0 atom stereocenters. The predicted octanol–water partition coefficient (Wildman–Crippen LogP) is 4.81. The fraction of sp³-hybridized carbons (Fsp3) is 0.250. The Morgan fingerprint density at radius 2 is 2.04 bits per heavy atom. The number of nitrogens with zero attached hydrogens (tertiary/aromatic N) is 1. The Kier molecular flexibility index (Phi) is 5.49. The number of furan rings is 1. The average Bonchev–Trinajstić information content (AvgIpc) is 3.26. The van der Waals surface area contributed by atoms with Crippen molar-refractivity contribution in [2.24, 2.45) is 0 Å². The minimum Gasteiger partial charge on any atom is -0.467 e. The highest BCUT2D eigenvalue weighted by Crippen LogP contribution is 2.17. The van der Waals surface area contributed by atoms with Crippen LogP contribution < -0.4 is 0 Å². The van der Waals surface area contributed by atoms with Gasteiger partial charge in [-0.15, -0.1) is 11.3 Å². The molecule has 0 bridgehead atoms. The number of aryl methyl sites for hydroxylation is 2. The molecule has 0 N–H and O–H groups in total. The van der Waals surface area contributed by atoms with Gasteiger partial charge in [0.15, 0.2) is 0 Å². The second-order valence-corrected chi connectivity index (χ2v) is 6.93. The van der Waals surface area contributed by atoms with E-state index in [0.29, 0.717) is 19.5 Å². The first kappa shape index (κ1) is 16.5. The monoisotopic (exact) mass is 339 g/mol. The third kappa shape index (κ3) is 4.59. The van der Waals surface area contributed by atoms with Gasteiger partial charge in [-0.25, -0.2) is 0 Å². The van der Waals surface area contributed by atoms with Gasteiger partial charge in [-0.3, -0.25) is 4.79 Å². The molecule has 3 nitrogen and oxygen atoms in total. The van der Waals surface area contributed by atoms with Gasteiger partial charge in [0.2, 0.25) is 5.91 Å². The number of hydrogen-bond acceptors (Lipinski definition) is 3. The van der Waals surface area contributed by atoms with Crippen LogP contribution in [0.25, 0.3) is 0 Å². The van der Waals surface area contributed by atoms with E-state index >= 15 is 0 Å². The van der Waals surface area contributed by atoms with Gasteiger partial charge >= 0.3 is 0 Å². The number of rotatable bonds is 7. The van der Waals surface area contributed by atoms with Crippen LogP contribution in [0.1, 0.15) is 28.2 Å². The molecule has 3 rings (SSSR count). The van der Waals surface area contributed by atoms with E-state index in [1.165, 1.54) is 16.0 Å². The van der Waals surface area contributed by atoms with Crippen molar-refractivity contribution in [2.75, 3.05) is 0 Å². The van der Waals surface area contributed by atoms with Crippen LogP contribution in [0.4, 0.5) is 0 Å². The van der Waals surface area contributed by atoms with Crippen LogP contribution >= 0.6 is 11.3 Å². The number of hydrogen-bond donors (Lipinski definition) is 0. The topological polar surface area (TPSA) is 33.5 Å². The molecule has 3 aromatic rings. The highest BCUT2D eigenvalue weighted by atomic mass is 32.1. The summed E-state index contributed by atoms with van der Waals surface area (Å²) in [6, 6.07) is 16.2. The van der Waals surface area contributed by atoms with Gasteiger partial charge in [-0.1, -0.05) is 35.9 Å². The molecule has 0 spiro atoms. The summed E-state index contributed by atoms with van der Waals surface area (Å²) in [5.74, 6) is 0.969. The van der Waals surface area contributed by atoms with E-state index in [4.69, 9.17) is 4.42 Å². The van der Waals surface area contributed by atoms with E-state index in [1.54, 1.807) is 17.6 Å². The van der Waals surface area contributed by atoms with Crippen molar-refractivity contribution in [3.05, 3.63) is 81.9 Å². The molecule has 0 radical (unpaired) electrons. The van der Waals surface area contributed by atoms with Gasteiger partial charge in [0, 0.05) is 11.3 Å². The van der Waals surface area contributed by atoms with Crippen LogP contribution in [0.2, 0.25) is 0 Å². The molecule has 24 heavy (non-hydrogen) atoms. The van der Waals surface area contributed by atoms with Crippen molar-refractivity contribution in [1.82, 2.24) is 4.90 Å². The molecule has 0 fully saturated rings. The molecular weight excluding hydrogens is 318 g/mol. The van der Waals surface area contributed by atoms with Crippen LogP contribution in [0.15, 0.2) is 64.6 Å². The van der Waals surface area contributed by atoms with Gasteiger partial charge in [-0.2, -0.15) is 0 Å². The Balaban J connectivity index is 1.65. The Bertz CT molecular complexity index is 727. The largest absolute Gasteiger partial charge is 0.467 e.